The van der Waals surface area contributed by atoms with Crippen molar-refractivity contribution in [2.24, 2.45) is 5.92 Å². The molecule has 5 heteroatoms. The van der Waals surface area contributed by atoms with Crippen LogP contribution in [-0.4, -0.2) is 41.4 Å². The summed E-state index contributed by atoms with van der Waals surface area (Å²) in [5, 5.41) is 2.87. The number of hydrogen-bond donors (Lipinski definition) is 1. The molecule has 0 saturated heterocycles. The summed E-state index contributed by atoms with van der Waals surface area (Å²) < 4.78 is 0. The minimum Gasteiger partial charge on any atom is -0.372 e. The monoisotopic (exact) mass is 236 g/mol. The van der Waals surface area contributed by atoms with Crippen molar-refractivity contribution in [3.05, 3.63) is 18.1 Å². The maximum absolute atomic E-state index is 12.0. The maximum Gasteiger partial charge on any atom is 0.273 e. The van der Waals surface area contributed by atoms with Crippen LogP contribution >= 0.6 is 0 Å². The Labute approximate surface area is 102 Å². The zero-order valence-corrected chi connectivity index (χ0v) is 10.9. The zero-order chi connectivity index (χ0) is 12.8. The van der Waals surface area contributed by atoms with E-state index in [1.807, 2.05) is 0 Å². The van der Waals surface area contributed by atoms with E-state index in [1.165, 1.54) is 6.20 Å². The van der Waals surface area contributed by atoms with Crippen LogP contribution < -0.4 is 5.32 Å². The third-order valence-corrected chi connectivity index (χ3v) is 2.76. The smallest absolute Gasteiger partial charge is 0.273 e. The van der Waals surface area contributed by atoms with Gasteiger partial charge in [0.25, 0.3) is 5.91 Å². The van der Waals surface area contributed by atoms with Gasteiger partial charge in [0.1, 0.15) is 11.5 Å². The molecule has 1 amide bonds. The fourth-order valence-corrected chi connectivity index (χ4v) is 1.44. The van der Waals surface area contributed by atoms with Crippen molar-refractivity contribution in [2.45, 2.75) is 20.3 Å². The van der Waals surface area contributed by atoms with Crippen LogP contribution in [0, 0.1) is 5.92 Å². The van der Waals surface area contributed by atoms with Crippen LogP contribution in [0.15, 0.2) is 12.4 Å². The number of rotatable bonds is 5. The number of nitrogens with one attached hydrogen (secondary N) is 1. The molecule has 94 valence electrons. The molecule has 0 aromatic carbocycles. The highest BCUT2D eigenvalue weighted by Crippen LogP contribution is 2.07. The minimum absolute atomic E-state index is 0.0829. The summed E-state index contributed by atoms with van der Waals surface area (Å²) in [7, 11) is 3.56. The first-order valence-electron chi connectivity index (χ1n) is 5.83. The third kappa shape index (κ3) is 3.69. The topological polar surface area (TPSA) is 58.1 Å². The van der Waals surface area contributed by atoms with Gasteiger partial charge in [0, 0.05) is 20.6 Å². The van der Waals surface area contributed by atoms with Gasteiger partial charge < -0.3 is 10.2 Å². The van der Waals surface area contributed by atoms with Crippen LogP contribution in [-0.2, 0) is 0 Å². The van der Waals surface area contributed by atoms with Gasteiger partial charge in [-0.3, -0.25) is 4.79 Å². The molecule has 17 heavy (non-hydrogen) atoms. The summed E-state index contributed by atoms with van der Waals surface area (Å²) >= 11 is 0. The lowest BCUT2D eigenvalue weighted by molar-refractivity contribution is 0.0768. The van der Waals surface area contributed by atoms with Gasteiger partial charge in [0.05, 0.1) is 12.4 Å². The third-order valence-electron chi connectivity index (χ3n) is 2.76. The number of amides is 1. The zero-order valence-electron chi connectivity index (χ0n) is 10.9. The summed E-state index contributed by atoms with van der Waals surface area (Å²) in [6.07, 6.45) is 4.12. The van der Waals surface area contributed by atoms with E-state index in [4.69, 9.17) is 0 Å². The van der Waals surface area contributed by atoms with Gasteiger partial charge in [0.15, 0.2) is 0 Å². The quantitative estimate of drug-likeness (QED) is 0.844. The average molecular weight is 236 g/mol. The molecule has 1 rings (SSSR count). The van der Waals surface area contributed by atoms with Crippen molar-refractivity contribution in [2.75, 3.05) is 26.0 Å². The number of nitrogens with zero attached hydrogens (tertiary/aromatic N) is 3. The Hall–Kier alpha value is -1.65. The Morgan fingerprint density at radius 2 is 2.18 bits per heavy atom. The lowest BCUT2D eigenvalue weighted by Crippen LogP contribution is -2.31. The van der Waals surface area contributed by atoms with Crippen LogP contribution in [0.1, 0.15) is 30.8 Å². The number of anilines is 1. The van der Waals surface area contributed by atoms with Crippen LogP contribution in [0.4, 0.5) is 5.82 Å². The van der Waals surface area contributed by atoms with Gasteiger partial charge in [0.2, 0.25) is 0 Å². The van der Waals surface area contributed by atoms with Gasteiger partial charge in [-0.15, -0.1) is 0 Å². The molecule has 0 aliphatic heterocycles. The van der Waals surface area contributed by atoms with E-state index in [0.717, 1.165) is 13.0 Å². The van der Waals surface area contributed by atoms with E-state index in [0.29, 0.717) is 17.4 Å². The van der Waals surface area contributed by atoms with Crippen LogP contribution in [0.25, 0.3) is 0 Å². The molecule has 0 bridgehead atoms. The number of aromatic nitrogens is 2. The molecule has 0 spiro atoms. The summed E-state index contributed by atoms with van der Waals surface area (Å²) in [5.74, 6) is 1.07. The van der Waals surface area contributed by atoms with Crippen LogP contribution in [0.2, 0.25) is 0 Å². The SMILES string of the molecule is CCC(C)CN(C)C(=O)c1cnc(NC)cn1. The fraction of sp³-hybridized carbons (Fsp3) is 0.583. The first-order chi connectivity index (χ1) is 8.08. The van der Waals surface area contributed by atoms with Crippen molar-refractivity contribution >= 4 is 11.7 Å². The second-order valence-corrected chi connectivity index (χ2v) is 4.24. The summed E-state index contributed by atoms with van der Waals surface area (Å²) in [6.45, 7) is 4.98. The minimum atomic E-state index is -0.0829. The Bertz CT molecular complexity index is 363. The van der Waals surface area contributed by atoms with Gasteiger partial charge >= 0.3 is 0 Å². The Morgan fingerprint density at radius 3 is 2.65 bits per heavy atom. The highest BCUT2D eigenvalue weighted by Gasteiger charge is 2.15. The lowest BCUT2D eigenvalue weighted by atomic mass is 10.1. The first-order valence-corrected chi connectivity index (χ1v) is 5.83. The summed E-state index contributed by atoms with van der Waals surface area (Å²) in [4.78, 5) is 21.9. The molecule has 1 aromatic rings. The van der Waals surface area contributed by atoms with E-state index in [9.17, 15) is 4.79 Å². The predicted molar refractivity (Wildman–Crippen MR) is 68.0 cm³/mol. The lowest BCUT2D eigenvalue weighted by Gasteiger charge is -2.20. The molecular weight excluding hydrogens is 216 g/mol. The van der Waals surface area contributed by atoms with Crippen molar-refractivity contribution in [3.8, 4) is 0 Å². The van der Waals surface area contributed by atoms with E-state index in [2.05, 4.69) is 29.1 Å². The molecule has 0 radical (unpaired) electrons. The second-order valence-electron chi connectivity index (χ2n) is 4.24. The largest absolute Gasteiger partial charge is 0.372 e. The Balaban J connectivity index is 2.67. The fourth-order valence-electron chi connectivity index (χ4n) is 1.44. The molecule has 1 N–H and O–H groups in total. The van der Waals surface area contributed by atoms with Crippen molar-refractivity contribution in [3.63, 3.8) is 0 Å². The van der Waals surface area contributed by atoms with E-state index >= 15 is 0 Å². The molecule has 1 atom stereocenters. The van der Waals surface area contributed by atoms with Crippen LogP contribution in [0.5, 0.6) is 0 Å². The summed E-state index contributed by atoms with van der Waals surface area (Å²) in [5.41, 5.74) is 0.384. The molecule has 1 aromatic heterocycles. The standard InChI is InChI=1S/C12H20N4O/c1-5-9(2)8-16(4)12(17)10-6-15-11(13-3)7-14-10/h6-7,9H,5,8H2,1-4H3,(H,13,15). The average Bonchev–Trinajstić information content (AvgIpc) is 2.37. The number of hydrogen-bond acceptors (Lipinski definition) is 4. The molecule has 0 saturated carbocycles. The molecule has 5 nitrogen and oxygen atoms in total. The predicted octanol–water partition coefficient (Wildman–Crippen LogP) is 1.64. The van der Waals surface area contributed by atoms with Crippen LogP contribution in [0.3, 0.4) is 0 Å². The van der Waals surface area contributed by atoms with Crippen molar-refractivity contribution in [1.82, 2.24) is 14.9 Å². The van der Waals surface area contributed by atoms with Crippen molar-refractivity contribution in [1.29, 1.82) is 0 Å². The molecule has 1 unspecified atom stereocenters. The van der Waals surface area contributed by atoms with E-state index < -0.39 is 0 Å². The van der Waals surface area contributed by atoms with E-state index in [1.54, 1.807) is 25.2 Å². The Kier molecular flexibility index (Phi) is 4.87. The molecule has 0 aliphatic carbocycles. The normalized spacial score (nSPS) is 12.0. The maximum atomic E-state index is 12.0. The summed E-state index contributed by atoms with van der Waals surface area (Å²) in [6, 6.07) is 0. The Morgan fingerprint density at radius 1 is 1.47 bits per heavy atom. The first kappa shape index (κ1) is 13.4. The van der Waals surface area contributed by atoms with E-state index in [-0.39, 0.29) is 5.91 Å². The van der Waals surface area contributed by atoms with Crippen molar-refractivity contribution < 1.29 is 4.79 Å². The molecule has 0 fully saturated rings. The van der Waals surface area contributed by atoms with Gasteiger partial charge in [-0.05, 0) is 5.92 Å². The molecule has 1 heterocycles. The number of carbonyl (C=O) groups is 1. The second kappa shape index (κ2) is 6.18. The highest BCUT2D eigenvalue weighted by atomic mass is 16.2. The molecule has 0 aliphatic rings. The van der Waals surface area contributed by atoms with Gasteiger partial charge in [-0.1, -0.05) is 20.3 Å². The number of carbonyl (C=O) groups excluding carboxylic acids is 1. The van der Waals surface area contributed by atoms with Gasteiger partial charge in [-0.2, -0.15) is 0 Å². The highest BCUT2D eigenvalue weighted by molar-refractivity contribution is 5.91. The van der Waals surface area contributed by atoms with Gasteiger partial charge in [-0.25, -0.2) is 9.97 Å². The molecular formula is C12H20N4O.